The number of para-hydroxylation sites is 4. The molecule has 0 saturated carbocycles. The van der Waals surface area contributed by atoms with Crippen molar-refractivity contribution in [1.29, 1.82) is 0 Å². The van der Waals surface area contributed by atoms with Crippen LogP contribution in [0.3, 0.4) is 0 Å². The van der Waals surface area contributed by atoms with Gasteiger partial charge in [-0.25, -0.2) is 0 Å². The average Bonchev–Trinajstić information content (AvgIpc) is 3.67. The minimum Gasteiger partial charge on any atom is -0.449 e. The second-order valence-electron chi connectivity index (χ2n) is 15.2. The number of nitrogens with zero attached hydrogens (tertiary/aromatic N) is 1. The van der Waals surface area contributed by atoms with E-state index in [-0.39, 0.29) is 5.41 Å². The fourth-order valence-corrected chi connectivity index (χ4v) is 9.52. The van der Waals surface area contributed by atoms with Crippen LogP contribution in [0.4, 0.5) is 17.1 Å². The zero-order valence-electron chi connectivity index (χ0n) is 30.7. The molecule has 8 aromatic carbocycles. The van der Waals surface area contributed by atoms with E-state index in [1.165, 1.54) is 44.5 Å². The van der Waals surface area contributed by atoms with Crippen LogP contribution in [0.2, 0.25) is 0 Å². The summed E-state index contributed by atoms with van der Waals surface area (Å²) in [6.45, 7) is 4.76. The summed E-state index contributed by atoms with van der Waals surface area (Å²) < 4.78 is 13.2. The quantitative estimate of drug-likeness (QED) is 0.178. The first-order chi connectivity index (χ1) is 27.0. The Morgan fingerprint density at radius 3 is 1.67 bits per heavy atom. The van der Waals surface area contributed by atoms with Crippen molar-refractivity contribution in [3.8, 4) is 45.3 Å². The Morgan fingerprint density at radius 1 is 0.382 bits per heavy atom. The minimum absolute atomic E-state index is 0.259. The van der Waals surface area contributed by atoms with Crippen LogP contribution in [0.15, 0.2) is 188 Å². The number of ether oxygens (including phenoxy) is 2. The van der Waals surface area contributed by atoms with E-state index in [9.17, 15) is 0 Å². The molecule has 2 aliphatic carbocycles. The van der Waals surface area contributed by atoms with Crippen LogP contribution in [-0.2, 0) is 10.8 Å². The number of anilines is 3. The Hall–Kier alpha value is -6.84. The summed E-state index contributed by atoms with van der Waals surface area (Å²) in [5.41, 5.74) is 14.9. The van der Waals surface area contributed by atoms with Gasteiger partial charge in [0.15, 0.2) is 23.0 Å². The molecule has 3 nitrogen and oxygen atoms in total. The van der Waals surface area contributed by atoms with E-state index < -0.39 is 5.41 Å². The number of rotatable bonds is 5. The third-order valence-electron chi connectivity index (χ3n) is 12.0. The van der Waals surface area contributed by atoms with E-state index in [0.717, 1.165) is 51.2 Å². The molecule has 0 fully saturated rings. The van der Waals surface area contributed by atoms with Crippen LogP contribution in [0, 0.1) is 0 Å². The van der Waals surface area contributed by atoms with Gasteiger partial charge in [0, 0.05) is 28.0 Å². The summed E-state index contributed by atoms with van der Waals surface area (Å²) in [7, 11) is 0. The van der Waals surface area contributed by atoms with Gasteiger partial charge in [-0.05, 0) is 105 Å². The zero-order valence-corrected chi connectivity index (χ0v) is 30.7. The summed E-state index contributed by atoms with van der Waals surface area (Å²) in [6, 6.07) is 67.6. The lowest BCUT2D eigenvalue weighted by atomic mass is 9.66. The first kappa shape index (κ1) is 31.7. The molecule has 0 aromatic heterocycles. The standard InChI is InChI=1S/C52H37NO2/c1-51(2)44-32-35(26-28-39(44)40-29-27-38(33-45(40)51)53(36-18-8-4-9-19-36)37-20-10-5-11-21-37)52(34-16-6-3-7-17-34)42-23-13-12-22-41(42)49-43(52)30-31-48-50(49)55-47-25-15-14-24-46(47)54-48/h3-33H,1-2H3. The first-order valence-corrected chi connectivity index (χ1v) is 19.0. The number of hydrogen-bond acceptors (Lipinski definition) is 3. The van der Waals surface area contributed by atoms with Crippen molar-refractivity contribution < 1.29 is 9.47 Å². The molecule has 55 heavy (non-hydrogen) atoms. The molecule has 262 valence electrons. The normalized spacial score (nSPS) is 16.3. The molecule has 0 saturated heterocycles. The van der Waals surface area contributed by atoms with Crippen molar-refractivity contribution in [3.05, 3.63) is 221 Å². The molecule has 0 spiro atoms. The van der Waals surface area contributed by atoms with Crippen LogP contribution in [-0.4, -0.2) is 0 Å². The molecule has 1 heterocycles. The monoisotopic (exact) mass is 707 g/mol. The molecule has 3 heteroatoms. The third-order valence-corrected chi connectivity index (χ3v) is 12.0. The van der Waals surface area contributed by atoms with Crippen molar-refractivity contribution in [2.75, 3.05) is 4.90 Å². The Balaban J connectivity index is 1.10. The highest BCUT2D eigenvalue weighted by molar-refractivity contribution is 5.93. The van der Waals surface area contributed by atoms with Crippen molar-refractivity contribution in [2.45, 2.75) is 24.7 Å². The smallest absolute Gasteiger partial charge is 0.178 e. The summed E-state index contributed by atoms with van der Waals surface area (Å²) in [5.74, 6) is 2.96. The van der Waals surface area contributed by atoms with Crippen molar-refractivity contribution >= 4 is 17.1 Å². The zero-order chi connectivity index (χ0) is 36.7. The molecule has 1 atom stereocenters. The van der Waals surface area contributed by atoms with Crippen LogP contribution < -0.4 is 14.4 Å². The molecule has 0 radical (unpaired) electrons. The largest absolute Gasteiger partial charge is 0.449 e. The predicted octanol–water partition coefficient (Wildman–Crippen LogP) is 13.7. The lowest BCUT2D eigenvalue weighted by Crippen LogP contribution is -2.29. The Labute approximate surface area is 321 Å². The number of hydrogen-bond donors (Lipinski definition) is 0. The van der Waals surface area contributed by atoms with Gasteiger partial charge >= 0.3 is 0 Å². The average molecular weight is 708 g/mol. The Bertz CT molecular complexity index is 2750. The highest BCUT2D eigenvalue weighted by Gasteiger charge is 2.49. The van der Waals surface area contributed by atoms with E-state index in [1.54, 1.807) is 0 Å². The molecule has 8 aromatic rings. The van der Waals surface area contributed by atoms with Crippen molar-refractivity contribution in [1.82, 2.24) is 0 Å². The highest BCUT2D eigenvalue weighted by atomic mass is 16.6. The van der Waals surface area contributed by atoms with Gasteiger partial charge in [-0.2, -0.15) is 0 Å². The summed E-state index contributed by atoms with van der Waals surface area (Å²) in [4.78, 5) is 2.35. The van der Waals surface area contributed by atoms with Gasteiger partial charge in [0.25, 0.3) is 0 Å². The lowest BCUT2D eigenvalue weighted by Gasteiger charge is -2.35. The molecule has 0 N–H and O–H groups in total. The topological polar surface area (TPSA) is 21.7 Å². The van der Waals surface area contributed by atoms with Gasteiger partial charge < -0.3 is 14.4 Å². The summed E-state index contributed by atoms with van der Waals surface area (Å²) in [5, 5.41) is 0. The highest BCUT2D eigenvalue weighted by Crippen LogP contribution is 2.63. The maximum absolute atomic E-state index is 6.76. The fourth-order valence-electron chi connectivity index (χ4n) is 9.52. The molecule has 0 amide bonds. The third kappa shape index (κ3) is 4.50. The molecule has 1 unspecified atom stereocenters. The first-order valence-electron chi connectivity index (χ1n) is 19.0. The number of fused-ring (bicyclic) bond motifs is 9. The molecule has 11 rings (SSSR count). The van der Waals surface area contributed by atoms with E-state index in [0.29, 0.717) is 0 Å². The molecular formula is C52H37NO2. The second-order valence-corrected chi connectivity index (χ2v) is 15.2. The van der Waals surface area contributed by atoms with Crippen LogP contribution in [0.1, 0.15) is 47.2 Å². The number of benzene rings is 8. The maximum atomic E-state index is 6.76. The van der Waals surface area contributed by atoms with Gasteiger partial charge in [-0.3, -0.25) is 0 Å². The molecule has 0 bridgehead atoms. The summed E-state index contributed by atoms with van der Waals surface area (Å²) >= 11 is 0. The van der Waals surface area contributed by atoms with E-state index in [2.05, 4.69) is 183 Å². The predicted molar refractivity (Wildman–Crippen MR) is 223 cm³/mol. The lowest BCUT2D eigenvalue weighted by molar-refractivity contribution is 0.360. The van der Waals surface area contributed by atoms with Crippen molar-refractivity contribution in [2.24, 2.45) is 0 Å². The van der Waals surface area contributed by atoms with E-state index in [4.69, 9.17) is 9.47 Å². The Morgan fingerprint density at radius 2 is 0.964 bits per heavy atom. The SMILES string of the molecule is CC1(C)c2cc(N(c3ccccc3)c3ccccc3)ccc2-c2ccc(C3(c4ccccc4)c4ccccc4-c4c3ccc3c4Oc4ccccc4O3)cc21. The molecule has 1 aliphatic heterocycles. The van der Waals surface area contributed by atoms with E-state index in [1.807, 2.05) is 24.3 Å². The molecular weight excluding hydrogens is 671 g/mol. The van der Waals surface area contributed by atoms with Crippen LogP contribution in [0.25, 0.3) is 22.3 Å². The van der Waals surface area contributed by atoms with Crippen LogP contribution in [0.5, 0.6) is 23.0 Å². The van der Waals surface area contributed by atoms with Gasteiger partial charge in [0.1, 0.15) is 0 Å². The molecule has 3 aliphatic rings. The minimum atomic E-state index is -0.592. The second kappa shape index (κ2) is 11.8. The van der Waals surface area contributed by atoms with Gasteiger partial charge in [-0.1, -0.05) is 147 Å². The van der Waals surface area contributed by atoms with E-state index >= 15 is 0 Å². The van der Waals surface area contributed by atoms with Crippen LogP contribution >= 0.6 is 0 Å². The van der Waals surface area contributed by atoms with Gasteiger partial charge in [0.2, 0.25) is 0 Å². The Kier molecular flexibility index (Phi) is 6.81. The summed E-state index contributed by atoms with van der Waals surface area (Å²) in [6.07, 6.45) is 0. The maximum Gasteiger partial charge on any atom is 0.178 e. The van der Waals surface area contributed by atoms with Gasteiger partial charge in [0.05, 0.1) is 5.41 Å². The fraction of sp³-hybridized carbons (Fsp3) is 0.0769. The van der Waals surface area contributed by atoms with Crippen molar-refractivity contribution in [3.63, 3.8) is 0 Å². The van der Waals surface area contributed by atoms with Gasteiger partial charge in [-0.15, -0.1) is 0 Å².